The van der Waals surface area contributed by atoms with E-state index < -0.39 is 10.0 Å². The Labute approximate surface area is 159 Å². The van der Waals surface area contributed by atoms with Crippen molar-refractivity contribution >= 4 is 49.3 Å². The first-order valence-electron chi connectivity index (χ1n) is 7.16. The average molecular weight is 449 g/mol. The van der Waals surface area contributed by atoms with Crippen LogP contribution in [0.25, 0.3) is 0 Å². The summed E-state index contributed by atoms with van der Waals surface area (Å²) in [6.07, 6.45) is 0. The second-order valence-electron chi connectivity index (χ2n) is 5.18. The molecule has 2 aromatic carbocycles. The van der Waals surface area contributed by atoms with Crippen LogP contribution in [-0.2, 0) is 10.0 Å². The number of benzene rings is 2. The van der Waals surface area contributed by atoms with Gasteiger partial charge in [-0.2, -0.15) is 4.31 Å². The minimum absolute atomic E-state index is 0.244. The summed E-state index contributed by atoms with van der Waals surface area (Å²) < 4.78 is 33.9. The van der Waals surface area contributed by atoms with E-state index in [1.807, 2.05) is 18.2 Å². The molecule has 0 radical (unpaired) electrons. The molecule has 24 heavy (non-hydrogen) atoms. The number of nitrogens with zero attached hydrogens (tertiary/aromatic N) is 1. The number of ether oxygens (including phenoxy) is 1. The standard InChI is InChI=1S/C16H15BrClNO3S2/c1-22-15-7-2-11(17)10-14(15)16-19(8-9-23-16)24(20,21)13-5-3-12(18)4-6-13/h2-7,10,16H,8-9H2,1H3/t16-/m0/s1. The van der Waals surface area contributed by atoms with Gasteiger partial charge in [0.2, 0.25) is 10.0 Å². The Bertz CT molecular complexity index is 843. The second kappa shape index (κ2) is 7.25. The summed E-state index contributed by atoms with van der Waals surface area (Å²) in [5.41, 5.74) is 0.840. The van der Waals surface area contributed by atoms with E-state index in [1.165, 1.54) is 16.4 Å². The van der Waals surface area contributed by atoms with Crippen LogP contribution < -0.4 is 4.74 Å². The smallest absolute Gasteiger partial charge is 0.244 e. The van der Waals surface area contributed by atoms with E-state index in [9.17, 15) is 8.42 Å². The highest BCUT2D eigenvalue weighted by Crippen LogP contribution is 2.45. The van der Waals surface area contributed by atoms with Gasteiger partial charge in [0.25, 0.3) is 0 Å². The largest absolute Gasteiger partial charge is 0.496 e. The summed E-state index contributed by atoms with van der Waals surface area (Å²) in [7, 11) is -2.02. The lowest BCUT2D eigenvalue weighted by Gasteiger charge is -2.25. The summed E-state index contributed by atoms with van der Waals surface area (Å²) in [5, 5.41) is 0.188. The zero-order valence-corrected chi connectivity index (χ0v) is 16.8. The monoisotopic (exact) mass is 447 g/mol. The van der Waals surface area contributed by atoms with E-state index in [4.69, 9.17) is 16.3 Å². The van der Waals surface area contributed by atoms with E-state index in [0.29, 0.717) is 17.3 Å². The zero-order valence-electron chi connectivity index (χ0n) is 12.8. The maximum Gasteiger partial charge on any atom is 0.244 e. The van der Waals surface area contributed by atoms with Crippen LogP contribution in [0.1, 0.15) is 10.9 Å². The third kappa shape index (κ3) is 3.46. The fourth-order valence-electron chi connectivity index (χ4n) is 2.59. The van der Waals surface area contributed by atoms with Crippen molar-refractivity contribution in [3.05, 3.63) is 57.5 Å². The van der Waals surface area contributed by atoms with Crippen LogP contribution in [0, 0.1) is 0 Å². The van der Waals surface area contributed by atoms with Gasteiger partial charge in [-0.25, -0.2) is 8.42 Å². The predicted molar refractivity (Wildman–Crippen MR) is 101 cm³/mol. The quantitative estimate of drug-likeness (QED) is 0.688. The van der Waals surface area contributed by atoms with Gasteiger partial charge < -0.3 is 4.74 Å². The van der Waals surface area contributed by atoms with Gasteiger partial charge in [0.15, 0.2) is 0 Å². The Morgan fingerprint density at radius 1 is 1.25 bits per heavy atom. The highest BCUT2D eigenvalue weighted by atomic mass is 79.9. The lowest BCUT2D eigenvalue weighted by atomic mass is 10.2. The highest BCUT2D eigenvalue weighted by Gasteiger charge is 2.38. The van der Waals surface area contributed by atoms with Crippen LogP contribution in [0.5, 0.6) is 5.75 Å². The number of halogens is 2. The van der Waals surface area contributed by atoms with Gasteiger partial charge in [0.05, 0.1) is 17.4 Å². The molecule has 0 amide bonds. The Balaban J connectivity index is 2.02. The van der Waals surface area contributed by atoms with Gasteiger partial charge in [-0.15, -0.1) is 11.8 Å². The van der Waals surface area contributed by atoms with Crippen molar-refractivity contribution in [2.75, 3.05) is 19.4 Å². The fraction of sp³-hybridized carbons (Fsp3) is 0.250. The molecule has 0 spiro atoms. The lowest BCUT2D eigenvalue weighted by Crippen LogP contribution is -2.30. The summed E-state index contributed by atoms with van der Waals surface area (Å²) >= 11 is 10.9. The van der Waals surface area contributed by atoms with Crippen LogP contribution in [0.15, 0.2) is 51.8 Å². The van der Waals surface area contributed by atoms with Crippen LogP contribution in [0.2, 0.25) is 5.02 Å². The van der Waals surface area contributed by atoms with Gasteiger partial charge in [0.1, 0.15) is 5.75 Å². The molecule has 0 aromatic heterocycles. The molecule has 1 atom stereocenters. The van der Waals surface area contributed by atoms with Crippen molar-refractivity contribution < 1.29 is 13.2 Å². The lowest BCUT2D eigenvalue weighted by molar-refractivity contribution is 0.390. The topological polar surface area (TPSA) is 46.6 Å². The summed E-state index contributed by atoms with van der Waals surface area (Å²) in [6, 6.07) is 11.9. The molecule has 1 aliphatic rings. The first-order chi connectivity index (χ1) is 11.4. The number of rotatable bonds is 4. The Kier molecular flexibility index (Phi) is 5.46. The number of hydrogen-bond acceptors (Lipinski definition) is 4. The third-order valence-electron chi connectivity index (χ3n) is 3.73. The minimum atomic E-state index is -3.61. The zero-order chi connectivity index (χ0) is 17.3. The Morgan fingerprint density at radius 2 is 1.96 bits per heavy atom. The normalized spacial score (nSPS) is 18.7. The summed E-state index contributed by atoms with van der Waals surface area (Å²) in [4.78, 5) is 0.244. The molecule has 3 rings (SSSR count). The van der Waals surface area contributed by atoms with Crippen LogP contribution in [-0.4, -0.2) is 32.1 Å². The van der Waals surface area contributed by atoms with Crippen LogP contribution >= 0.6 is 39.3 Å². The predicted octanol–water partition coefficient (Wildman–Crippen LogP) is 4.55. The molecule has 0 bridgehead atoms. The molecular formula is C16H15BrClNO3S2. The number of thioether (sulfide) groups is 1. The van der Waals surface area contributed by atoms with Gasteiger partial charge >= 0.3 is 0 Å². The van der Waals surface area contributed by atoms with E-state index in [-0.39, 0.29) is 10.3 Å². The molecule has 4 nitrogen and oxygen atoms in total. The molecule has 1 fully saturated rings. The molecule has 0 unspecified atom stereocenters. The molecule has 1 saturated heterocycles. The van der Waals surface area contributed by atoms with Gasteiger partial charge in [-0.1, -0.05) is 27.5 Å². The van der Waals surface area contributed by atoms with Gasteiger partial charge in [-0.3, -0.25) is 0 Å². The molecule has 0 saturated carbocycles. The van der Waals surface area contributed by atoms with Crippen molar-refractivity contribution in [2.24, 2.45) is 0 Å². The summed E-state index contributed by atoms with van der Waals surface area (Å²) in [5.74, 6) is 1.40. The highest BCUT2D eigenvalue weighted by molar-refractivity contribution is 9.10. The summed E-state index contributed by atoms with van der Waals surface area (Å²) in [6.45, 7) is 0.454. The van der Waals surface area contributed by atoms with Gasteiger partial charge in [0, 0.05) is 27.4 Å². The van der Waals surface area contributed by atoms with Crippen molar-refractivity contribution in [2.45, 2.75) is 10.3 Å². The van der Waals surface area contributed by atoms with Crippen LogP contribution in [0.3, 0.4) is 0 Å². The number of sulfonamides is 1. The van der Waals surface area contributed by atoms with Crippen molar-refractivity contribution in [3.63, 3.8) is 0 Å². The molecule has 2 aromatic rings. The number of methoxy groups -OCH3 is 1. The number of hydrogen-bond donors (Lipinski definition) is 0. The van der Waals surface area contributed by atoms with E-state index in [2.05, 4.69) is 15.9 Å². The maximum absolute atomic E-state index is 13.0. The van der Waals surface area contributed by atoms with E-state index in [1.54, 1.807) is 31.0 Å². The molecule has 0 N–H and O–H groups in total. The maximum atomic E-state index is 13.0. The average Bonchev–Trinajstić information content (AvgIpc) is 3.05. The fourth-order valence-corrected chi connectivity index (χ4v) is 6.34. The van der Waals surface area contributed by atoms with Crippen molar-refractivity contribution in [1.82, 2.24) is 4.31 Å². The van der Waals surface area contributed by atoms with Crippen molar-refractivity contribution in [3.8, 4) is 5.75 Å². The molecular weight excluding hydrogens is 434 g/mol. The first kappa shape index (κ1) is 18.1. The first-order valence-corrected chi connectivity index (χ1v) is 10.8. The molecule has 128 valence electrons. The van der Waals surface area contributed by atoms with E-state index >= 15 is 0 Å². The molecule has 1 heterocycles. The second-order valence-corrected chi connectivity index (χ2v) is 9.61. The third-order valence-corrected chi connectivity index (χ3v) is 7.73. The Morgan fingerprint density at radius 3 is 2.62 bits per heavy atom. The molecule has 8 heteroatoms. The van der Waals surface area contributed by atoms with Gasteiger partial charge in [-0.05, 0) is 42.5 Å². The van der Waals surface area contributed by atoms with Crippen molar-refractivity contribution in [1.29, 1.82) is 0 Å². The minimum Gasteiger partial charge on any atom is -0.496 e. The molecule has 0 aliphatic carbocycles. The Hall–Kier alpha value is -0.730. The molecule has 1 aliphatic heterocycles. The SMILES string of the molecule is COc1ccc(Br)cc1[C@@H]1SCCN1S(=O)(=O)c1ccc(Cl)cc1. The van der Waals surface area contributed by atoms with Crippen LogP contribution in [0.4, 0.5) is 0 Å². The van der Waals surface area contributed by atoms with E-state index in [0.717, 1.165) is 15.8 Å².